The molecule has 0 saturated heterocycles. The molecule has 0 rings (SSSR count). The number of hydrogen-bond donors (Lipinski definition) is 0. The lowest BCUT2D eigenvalue weighted by atomic mass is 10.3. The van der Waals surface area contributed by atoms with E-state index in [2.05, 4.69) is 41.5 Å². The summed E-state index contributed by atoms with van der Waals surface area (Å²) in [6, 6.07) is 0. The van der Waals surface area contributed by atoms with Gasteiger partial charge < -0.3 is 9.05 Å². The molecule has 0 bridgehead atoms. The van der Waals surface area contributed by atoms with E-state index in [0.717, 1.165) is 19.3 Å². The third-order valence-corrected chi connectivity index (χ3v) is 8.52. The van der Waals surface area contributed by atoms with E-state index in [1.54, 1.807) is 11.4 Å². The minimum absolute atomic E-state index is 0.182. The zero-order chi connectivity index (χ0) is 14.2. The first-order chi connectivity index (χ1) is 8.36. The highest BCUT2D eigenvalue weighted by molar-refractivity contribution is 8.68. The van der Waals surface area contributed by atoms with Crippen molar-refractivity contribution in [3.05, 3.63) is 0 Å². The Kier molecular flexibility index (Phi) is 10.3. The van der Waals surface area contributed by atoms with E-state index in [1.807, 2.05) is 0 Å². The van der Waals surface area contributed by atoms with Gasteiger partial charge in [0.25, 0.3) is 0 Å². The van der Waals surface area contributed by atoms with Crippen molar-refractivity contribution in [2.75, 3.05) is 0 Å². The topological polar surface area (TPSA) is 18.5 Å². The van der Waals surface area contributed by atoms with Crippen LogP contribution in [0.1, 0.15) is 67.2 Å². The van der Waals surface area contributed by atoms with Crippen molar-refractivity contribution in [1.29, 1.82) is 0 Å². The fraction of sp³-hybridized carbons (Fsp3) is 1.00. The summed E-state index contributed by atoms with van der Waals surface area (Å²) in [5.41, 5.74) is -2.20. The molecule has 0 fully saturated rings. The Morgan fingerprint density at radius 1 is 1.00 bits per heavy atom. The zero-order valence-electron chi connectivity index (χ0n) is 12.6. The molecule has 0 aliphatic heterocycles. The molecule has 0 N–H and O–H groups in total. The lowest BCUT2D eigenvalue weighted by molar-refractivity contribution is 0.163. The molecule has 0 aromatic heterocycles. The summed E-state index contributed by atoms with van der Waals surface area (Å²) in [6.45, 7) is 12.8. The Labute approximate surface area is 123 Å². The SMILES string of the molecule is CCCC(C)SP(=S)(OC(C)CC)OC(C)CC. The molecule has 5 heteroatoms. The summed E-state index contributed by atoms with van der Waals surface area (Å²) in [5, 5.41) is 0.508. The van der Waals surface area contributed by atoms with E-state index < -0.39 is 5.69 Å². The second-order valence-corrected chi connectivity index (χ2v) is 11.3. The van der Waals surface area contributed by atoms with Gasteiger partial charge in [-0.05, 0) is 44.9 Å². The minimum Gasteiger partial charge on any atom is -0.319 e. The van der Waals surface area contributed by atoms with Crippen molar-refractivity contribution in [3.8, 4) is 0 Å². The van der Waals surface area contributed by atoms with E-state index in [1.165, 1.54) is 6.42 Å². The molecule has 0 radical (unpaired) electrons. The Morgan fingerprint density at radius 2 is 1.44 bits per heavy atom. The standard InChI is InChI=1S/C13H29O2PS2/c1-7-10-13(6)18-16(17,14-11(4)8-2)15-12(5)9-3/h11-13H,7-10H2,1-6H3. The van der Waals surface area contributed by atoms with Gasteiger partial charge in [0, 0.05) is 5.25 Å². The van der Waals surface area contributed by atoms with E-state index in [0.29, 0.717) is 5.25 Å². The van der Waals surface area contributed by atoms with Crippen LogP contribution in [-0.4, -0.2) is 17.5 Å². The average Bonchev–Trinajstić information content (AvgIpc) is 2.28. The molecule has 0 spiro atoms. The predicted molar refractivity (Wildman–Crippen MR) is 87.9 cm³/mol. The van der Waals surface area contributed by atoms with Crippen LogP contribution in [0, 0.1) is 0 Å². The second-order valence-electron chi connectivity index (χ2n) is 4.80. The predicted octanol–water partition coefficient (Wildman–Crippen LogP) is 5.76. The van der Waals surface area contributed by atoms with E-state index in [-0.39, 0.29) is 12.2 Å². The highest BCUT2D eigenvalue weighted by Gasteiger charge is 2.27. The maximum atomic E-state index is 6.04. The monoisotopic (exact) mass is 312 g/mol. The fourth-order valence-electron chi connectivity index (χ4n) is 1.34. The molecule has 18 heavy (non-hydrogen) atoms. The molecule has 0 aromatic rings. The molecule has 3 unspecified atom stereocenters. The summed E-state index contributed by atoms with van der Waals surface area (Å²) in [4.78, 5) is 0. The van der Waals surface area contributed by atoms with Crippen LogP contribution in [0.25, 0.3) is 0 Å². The van der Waals surface area contributed by atoms with Crippen molar-refractivity contribution in [2.45, 2.75) is 84.7 Å². The first-order valence-corrected chi connectivity index (χ1v) is 11.1. The largest absolute Gasteiger partial charge is 0.319 e. The quantitative estimate of drug-likeness (QED) is 0.477. The highest BCUT2D eigenvalue weighted by Crippen LogP contribution is 2.64. The maximum absolute atomic E-state index is 6.04. The van der Waals surface area contributed by atoms with Gasteiger partial charge >= 0.3 is 0 Å². The molecule has 3 atom stereocenters. The third-order valence-electron chi connectivity index (χ3n) is 2.77. The van der Waals surface area contributed by atoms with Crippen LogP contribution in [0.2, 0.25) is 0 Å². The Morgan fingerprint density at radius 3 is 1.78 bits per heavy atom. The first-order valence-electron chi connectivity index (χ1n) is 7.02. The van der Waals surface area contributed by atoms with Crippen molar-refractivity contribution < 1.29 is 9.05 Å². The number of hydrogen-bond acceptors (Lipinski definition) is 4. The first kappa shape index (κ1) is 18.9. The van der Waals surface area contributed by atoms with Crippen LogP contribution in [0.5, 0.6) is 0 Å². The van der Waals surface area contributed by atoms with E-state index in [4.69, 9.17) is 20.9 Å². The smallest absolute Gasteiger partial charge is 0.248 e. The van der Waals surface area contributed by atoms with Gasteiger partial charge in [-0.25, -0.2) is 0 Å². The molecule has 110 valence electrons. The Bertz CT molecular complexity index is 245. The Balaban J connectivity index is 4.63. The summed E-state index contributed by atoms with van der Waals surface area (Å²) in [7, 11) is 0. The zero-order valence-corrected chi connectivity index (χ0v) is 15.2. The van der Waals surface area contributed by atoms with Crippen LogP contribution in [-0.2, 0) is 20.9 Å². The van der Waals surface area contributed by atoms with Gasteiger partial charge in [0.05, 0.1) is 12.2 Å². The van der Waals surface area contributed by atoms with Gasteiger partial charge in [-0.2, -0.15) is 0 Å². The van der Waals surface area contributed by atoms with Gasteiger partial charge in [0.1, 0.15) is 0 Å². The molecule has 0 amide bonds. The fourth-order valence-corrected chi connectivity index (χ4v) is 8.48. The van der Waals surface area contributed by atoms with Crippen LogP contribution in [0.3, 0.4) is 0 Å². The van der Waals surface area contributed by atoms with Gasteiger partial charge in [-0.3, -0.25) is 0 Å². The van der Waals surface area contributed by atoms with Crippen molar-refractivity contribution >= 4 is 28.9 Å². The average molecular weight is 312 g/mol. The molecule has 0 aliphatic carbocycles. The number of rotatable bonds is 10. The molecular formula is C13H29O2PS2. The molecule has 0 saturated carbocycles. The summed E-state index contributed by atoms with van der Waals surface area (Å²) >= 11 is 7.45. The third kappa shape index (κ3) is 8.16. The van der Waals surface area contributed by atoms with Crippen molar-refractivity contribution in [3.63, 3.8) is 0 Å². The normalized spacial score (nSPS) is 20.1. The summed E-state index contributed by atoms with van der Waals surface area (Å²) in [6.07, 6.45) is 4.66. The van der Waals surface area contributed by atoms with E-state index >= 15 is 0 Å². The van der Waals surface area contributed by atoms with Crippen LogP contribution >= 0.6 is 17.1 Å². The van der Waals surface area contributed by atoms with E-state index in [9.17, 15) is 0 Å². The van der Waals surface area contributed by atoms with Crippen molar-refractivity contribution in [2.24, 2.45) is 0 Å². The maximum Gasteiger partial charge on any atom is 0.248 e. The molecule has 0 heterocycles. The lowest BCUT2D eigenvalue weighted by Gasteiger charge is -2.29. The van der Waals surface area contributed by atoms with Crippen LogP contribution in [0.4, 0.5) is 0 Å². The lowest BCUT2D eigenvalue weighted by Crippen LogP contribution is -2.11. The minimum atomic E-state index is -2.20. The van der Waals surface area contributed by atoms with Gasteiger partial charge in [0.2, 0.25) is 5.69 Å². The van der Waals surface area contributed by atoms with Crippen LogP contribution < -0.4 is 0 Å². The summed E-state index contributed by atoms with van der Waals surface area (Å²) in [5.74, 6) is 0. The summed E-state index contributed by atoms with van der Waals surface area (Å²) < 4.78 is 12.1. The Hall–Kier alpha value is 0.920. The highest BCUT2D eigenvalue weighted by atomic mass is 32.9. The molecular weight excluding hydrogens is 283 g/mol. The van der Waals surface area contributed by atoms with Gasteiger partial charge in [-0.15, -0.1) is 0 Å². The molecule has 0 aliphatic rings. The molecule has 2 nitrogen and oxygen atoms in total. The van der Waals surface area contributed by atoms with Gasteiger partial charge in [-0.1, -0.05) is 45.5 Å². The van der Waals surface area contributed by atoms with Crippen molar-refractivity contribution in [1.82, 2.24) is 0 Å². The van der Waals surface area contributed by atoms with Gasteiger partial charge in [0.15, 0.2) is 0 Å². The second kappa shape index (κ2) is 9.77. The molecule has 0 aromatic carbocycles. The van der Waals surface area contributed by atoms with Crippen LogP contribution in [0.15, 0.2) is 0 Å².